The van der Waals surface area contributed by atoms with E-state index in [2.05, 4.69) is 29.4 Å². The third kappa shape index (κ3) is 6.12. The predicted molar refractivity (Wildman–Crippen MR) is 93.7 cm³/mol. The summed E-state index contributed by atoms with van der Waals surface area (Å²) < 4.78 is 0. The minimum Gasteiger partial charge on any atom is -0.349 e. The van der Waals surface area contributed by atoms with Crippen LogP contribution < -0.4 is 10.6 Å². The van der Waals surface area contributed by atoms with Crippen LogP contribution in [0.5, 0.6) is 0 Å². The van der Waals surface area contributed by atoms with E-state index in [-0.39, 0.29) is 5.91 Å². The van der Waals surface area contributed by atoms with Crippen LogP contribution in [0.4, 0.5) is 11.4 Å². The molecule has 1 rings (SSSR count). The number of hydrogen-bond acceptors (Lipinski definition) is 2. The van der Waals surface area contributed by atoms with Gasteiger partial charge in [0.15, 0.2) is 5.11 Å². The Bertz CT molecular complexity index is 470. The molecule has 0 aliphatic heterocycles. The van der Waals surface area contributed by atoms with Gasteiger partial charge >= 0.3 is 0 Å². The van der Waals surface area contributed by atoms with Gasteiger partial charge < -0.3 is 15.5 Å². The van der Waals surface area contributed by atoms with E-state index in [1.54, 1.807) is 0 Å². The van der Waals surface area contributed by atoms with Gasteiger partial charge in [-0.2, -0.15) is 0 Å². The molecular weight excluding hydrogens is 282 g/mol. The highest BCUT2D eigenvalue weighted by Gasteiger charge is 2.08. The maximum Gasteiger partial charge on any atom is 0.224 e. The quantitative estimate of drug-likeness (QED) is 0.751. The van der Waals surface area contributed by atoms with Crippen LogP contribution in [0.15, 0.2) is 24.3 Å². The Morgan fingerprint density at radius 2 is 1.67 bits per heavy atom. The van der Waals surface area contributed by atoms with Crippen molar-refractivity contribution in [2.45, 2.75) is 40.0 Å². The first-order chi connectivity index (χ1) is 10.1. The van der Waals surface area contributed by atoms with Crippen molar-refractivity contribution < 1.29 is 4.79 Å². The monoisotopic (exact) mass is 307 g/mol. The van der Waals surface area contributed by atoms with Crippen LogP contribution in [0.1, 0.15) is 40.0 Å². The van der Waals surface area contributed by atoms with E-state index in [9.17, 15) is 4.79 Å². The lowest BCUT2D eigenvalue weighted by Gasteiger charge is -2.25. The molecule has 0 spiro atoms. The van der Waals surface area contributed by atoms with Gasteiger partial charge in [0, 0.05) is 30.9 Å². The first-order valence-corrected chi connectivity index (χ1v) is 7.97. The van der Waals surface area contributed by atoms with Gasteiger partial charge in [-0.15, -0.1) is 0 Å². The van der Waals surface area contributed by atoms with E-state index in [4.69, 9.17) is 12.2 Å². The van der Waals surface area contributed by atoms with Gasteiger partial charge in [0.2, 0.25) is 5.91 Å². The zero-order chi connectivity index (χ0) is 15.7. The van der Waals surface area contributed by atoms with Crippen LogP contribution in [-0.4, -0.2) is 29.0 Å². The second-order valence-corrected chi connectivity index (χ2v) is 5.29. The number of anilines is 2. The fraction of sp³-hybridized carbons (Fsp3) is 0.500. The highest BCUT2D eigenvalue weighted by Crippen LogP contribution is 2.16. The molecule has 21 heavy (non-hydrogen) atoms. The van der Waals surface area contributed by atoms with Crippen molar-refractivity contribution in [1.29, 1.82) is 0 Å². The lowest BCUT2D eigenvalue weighted by molar-refractivity contribution is -0.115. The Balaban J connectivity index is 2.70. The minimum absolute atomic E-state index is 0.00770. The van der Waals surface area contributed by atoms with E-state index >= 15 is 0 Å². The summed E-state index contributed by atoms with van der Waals surface area (Å²) in [5.41, 5.74) is 1.68. The highest BCUT2D eigenvalue weighted by molar-refractivity contribution is 7.80. The number of amides is 1. The van der Waals surface area contributed by atoms with Crippen LogP contribution in [0.2, 0.25) is 0 Å². The summed E-state index contributed by atoms with van der Waals surface area (Å²) in [6, 6.07) is 7.62. The second-order valence-electron chi connectivity index (χ2n) is 4.90. The molecule has 0 radical (unpaired) electrons. The van der Waals surface area contributed by atoms with Crippen LogP contribution in [-0.2, 0) is 4.79 Å². The van der Waals surface area contributed by atoms with Crippen molar-refractivity contribution in [3.05, 3.63) is 24.3 Å². The van der Waals surface area contributed by atoms with E-state index < -0.39 is 0 Å². The fourth-order valence-corrected chi connectivity index (χ4v) is 2.28. The predicted octanol–water partition coefficient (Wildman–Crippen LogP) is 3.85. The molecule has 5 heteroatoms. The molecular formula is C16H25N3OS. The molecule has 0 atom stereocenters. The van der Waals surface area contributed by atoms with E-state index in [1.807, 2.05) is 31.2 Å². The third-order valence-corrected chi connectivity index (χ3v) is 3.35. The average molecular weight is 307 g/mol. The number of rotatable bonds is 7. The standard InChI is InChI=1S/C16H25N3OS/c1-4-10-19(11-5-2)16(21)18-14-9-7-8-13(12-14)17-15(20)6-3/h7-9,12H,4-6,10-11H2,1-3H3,(H,17,20)(H,18,21). The van der Waals surface area contributed by atoms with Gasteiger partial charge in [0.25, 0.3) is 0 Å². The summed E-state index contributed by atoms with van der Waals surface area (Å²) >= 11 is 5.47. The summed E-state index contributed by atoms with van der Waals surface area (Å²) in [6.45, 7) is 8.02. The van der Waals surface area contributed by atoms with Gasteiger partial charge in [0.1, 0.15) is 0 Å². The highest BCUT2D eigenvalue weighted by atomic mass is 32.1. The third-order valence-electron chi connectivity index (χ3n) is 2.99. The van der Waals surface area contributed by atoms with E-state index in [1.165, 1.54) is 0 Å². The topological polar surface area (TPSA) is 44.4 Å². The maximum atomic E-state index is 11.4. The zero-order valence-corrected chi connectivity index (χ0v) is 13.9. The van der Waals surface area contributed by atoms with Gasteiger partial charge in [0.05, 0.1) is 0 Å². The molecule has 1 aromatic carbocycles. The Kier molecular flexibility index (Phi) is 7.75. The molecule has 4 nitrogen and oxygen atoms in total. The van der Waals surface area contributed by atoms with Crippen molar-refractivity contribution in [1.82, 2.24) is 4.90 Å². The van der Waals surface area contributed by atoms with Crippen molar-refractivity contribution in [3.63, 3.8) is 0 Å². The van der Waals surface area contributed by atoms with Gasteiger partial charge in [-0.1, -0.05) is 26.8 Å². The average Bonchev–Trinajstić information content (AvgIpc) is 2.47. The Morgan fingerprint density at radius 3 is 2.19 bits per heavy atom. The molecule has 0 aliphatic carbocycles. The molecule has 0 unspecified atom stereocenters. The lowest BCUT2D eigenvalue weighted by atomic mass is 10.2. The zero-order valence-electron chi connectivity index (χ0n) is 13.1. The molecule has 0 saturated heterocycles. The van der Waals surface area contributed by atoms with Crippen LogP contribution in [0, 0.1) is 0 Å². The van der Waals surface area contributed by atoms with Crippen LogP contribution in [0.25, 0.3) is 0 Å². The van der Waals surface area contributed by atoms with Gasteiger partial charge in [-0.25, -0.2) is 0 Å². The maximum absolute atomic E-state index is 11.4. The van der Waals surface area contributed by atoms with E-state index in [0.717, 1.165) is 42.4 Å². The molecule has 2 N–H and O–H groups in total. The fourth-order valence-electron chi connectivity index (χ4n) is 1.98. The van der Waals surface area contributed by atoms with Crippen LogP contribution >= 0.6 is 12.2 Å². The summed E-state index contributed by atoms with van der Waals surface area (Å²) in [4.78, 5) is 13.6. The molecule has 0 aliphatic rings. The first-order valence-electron chi connectivity index (χ1n) is 7.56. The summed E-state index contributed by atoms with van der Waals surface area (Å²) in [5.74, 6) is 0.00770. The van der Waals surface area contributed by atoms with Crippen LogP contribution in [0.3, 0.4) is 0 Å². The largest absolute Gasteiger partial charge is 0.349 e. The van der Waals surface area contributed by atoms with Gasteiger partial charge in [-0.3, -0.25) is 4.79 Å². The minimum atomic E-state index is 0.00770. The molecule has 0 heterocycles. The summed E-state index contributed by atoms with van der Waals surface area (Å²) in [6.07, 6.45) is 2.60. The summed E-state index contributed by atoms with van der Waals surface area (Å²) in [5, 5.41) is 6.83. The normalized spacial score (nSPS) is 10.0. The molecule has 116 valence electrons. The van der Waals surface area contributed by atoms with Crippen molar-refractivity contribution in [2.24, 2.45) is 0 Å². The molecule has 0 fully saturated rings. The van der Waals surface area contributed by atoms with Crippen molar-refractivity contribution >= 4 is 34.6 Å². The molecule has 1 amide bonds. The smallest absolute Gasteiger partial charge is 0.224 e. The first kappa shape index (κ1) is 17.4. The molecule has 0 aromatic heterocycles. The lowest BCUT2D eigenvalue weighted by Crippen LogP contribution is -2.35. The Hall–Kier alpha value is -1.62. The van der Waals surface area contributed by atoms with Gasteiger partial charge in [-0.05, 0) is 43.3 Å². The van der Waals surface area contributed by atoms with E-state index in [0.29, 0.717) is 6.42 Å². The number of carbonyl (C=O) groups is 1. The molecule has 0 bridgehead atoms. The molecule has 0 saturated carbocycles. The Morgan fingerprint density at radius 1 is 1.10 bits per heavy atom. The Labute approximate surface area is 132 Å². The van der Waals surface area contributed by atoms with Crippen molar-refractivity contribution in [3.8, 4) is 0 Å². The molecule has 1 aromatic rings. The van der Waals surface area contributed by atoms with Crippen molar-refractivity contribution in [2.75, 3.05) is 23.7 Å². The second kappa shape index (κ2) is 9.34. The number of carbonyl (C=O) groups excluding carboxylic acids is 1. The SMILES string of the molecule is CCCN(CCC)C(=S)Nc1cccc(NC(=O)CC)c1. The summed E-state index contributed by atoms with van der Waals surface area (Å²) in [7, 11) is 0. The number of nitrogens with zero attached hydrogens (tertiary/aromatic N) is 1. The number of thiocarbonyl (C=S) groups is 1. The number of hydrogen-bond donors (Lipinski definition) is 2. The number of nitrogens with one attached hydrogen (secondary N) is 2. The number of benzene rings is 1.